The molecule has 0 bridgehead atoms. The van der Waals surface area contributed by atoms with Gasteiger partial charge in [-0.15, -0.1) is 0 Å². The van der Waals surface area contributed by atoms with Crippen molar-refractivity contribution in [1.82, 2.24) is 4.57 Å². The van der Waals surface area contributed by atoms with Crippen molar-refractivity contribution in [1.29, 1.82) is 5.26 Å². The molecule has 164 valence electrons. The first kappa shape index (κ1) is 20.4. The van der Waals surface area contributed by atoms with Gasteiger partial charge in [-0.25, -0.2) is 0 Å². The number of aryl methyl sites for hydroxylation is 1. The van der Waals surface area contributed by atoms with Crippen molar-refractivity contribution in [2.24, 2.45) is 12.5 Å². The van der Waals surface area contributed by atoms with Crippen LogP contribution in [0.2, 0.25) is 0 Å². The number of ether oxygens (including phenoxy) is 1. The van der Waals surface area contributed by atoms with Crippen LogP contribution >= 0.6 is 0 Å². The average molecular weight is 429 g/mol. The quantitative estimate of drug-likeness (QED) is 0.633. The zero-order valence-corrected chi connectivity index (χ0v) is 18.7. The second kappa shape index (κ2) is 7.90. The highest BCUT2D eigenvalue weighted by molar-refractivity contribution is 5.95. The lowest BCUT2D eigenvalue weighted by molar-refractivity contribution is 0.250. The summed E-state index contributed by atoms with van der Waals surface area (Å²) in [4.78, 5) is 17.6. The van der Waals surface area contributed by atoms with Crippen LogP contribution in [0.1, 0.15) is 24.8 Å². The number of hydrogen-bond acceptors (Lipinski definition) is 5. The molecule has 1 spiro atoms. The highest BCUT2D eigenvalue weighted by Crippen LogP contribution is 2.45. The molecule has 0 saturated carbocycles. The van der Waals surface area contributed by atoms with E-state index in [1.165, 1.54) is 5.69 Å². The normalized spacial score (nSPS) is 17.7. The molecule has 0 radical (unpaired) electrons. The monoisotopic (exact) mass is 428 g/mol. The summed E-state index contributed by atoms with van der Waals surface area (Å²) in [7, 11) is 3.47. The third-order valence-corrected chi connectivity index (χ3v) is 7.39. The van der Waals surface area contributed by atoms with Crippen molar-refractivity contribution in [3.63, 3.8) is 0 Å². The topological polar surface area (TPSA) is 61.5 Å². The number of hydrogen-bond donors (Lipinski definition) is 0. The van der Waals surface area contributed by atoms with Gasteiger partial charge in [0, 0.05) is 38.6 Å². The molecule has 0 atom stereocenters. The highest BCUT2D eigenvalue weighted by atomic mass is 16.5. The van der Waals surface area contributed by atoms with Gasteiger partial charge in [-0.3, -0.25) is 4.79 Å². The Hall–Kier alpha value is -3.46. The molecule has 1 aromatic heterocycles. The predicted octanol–water partition coefficient (Wildman–Crippen LogP) is 3.92. The Morgan fingerprint density at radius 3 is 2.34 bits per heavy atom. The lowest BCUT2D eigenvalue weighted by Crippen LogP contribution is -2.42. The number of anilines is 2. The lowest BCUT2D eigenvalue weighted by Gasteiger charge is -2.41. The van der Waals surface area contributed by atoms with Gasteiger partial charge < -0.3 is 19.1 Å². The molecule has 0 N–H and O–H groups in total. The van der Waals surface area contributed by atoms with E-state index in [-0.39, 0.29) is 16.5 Å². The zero-order chi connectivity index (χ0) is 22.3. The van der Waals surface area contributed by atoms with Crippen LogP contribution in [-0.4, -0.2) is 37.9 Å². The summed E-state index contributed by atoms with van der Waals surface area (Å²) >= 11 is 0. The number of fused-ring (bicyclic) bond motifs is 1. The van der Waals surface area contributed by atoms with Crippen LogP contribution < -0.4 is 20.1 Å². The molecule has 6 heteroatoms. The van der Waals surface area contributed by atoms with Crippen LogP contribution in [0, 0.1) is 16.7 Å². The molecule has 2 aromatic carbocycles. The Morgan fingerprint density at radius 2 is 1.62 bits per heavy atom. The van der Waals surface area contributed by atoms with E-state index in [0.29, 0.717) is 0 Å². The summed E-state index contributed by atoms with van der Waals surface area (Å²) in [6, 6.07) is 18.3. The van der Waals surface area contributed by atoms with Crippen molar-refractivity contribution in [2.45, 2.75) is 19.3 Å². The van der Waals surface area contributed by atoms with Crippen LogP contribution in [0.4, 0.5) is 11.4 Å². The zero-order valence-electron chi connectivity index (χ0n) is 18.7. The van der Waals surface area contributed by atoms with E-state index < -0.39 is 0 Å². The van der Waals surface area contributed by atoms with E-state index in [0.717, 1.165) is 67.8 Å². The smallest absolute Gasteiger partial charge is 0.270 e. The number of benzene rings is 2. The van der Waals surface area contributed by atoms with Gasteiger partial charge in [-0.1, -0.05) is 30.3 Å². The Balaban J connectivity index is 1.42. The summed E-state index contributed by atoms with van der Waals surface area (Å²) in [5, 5.41) is 10.8. The molecule has 2 aliphatic heterocycles. The van der Waals surface area contributed by atoms with Gasteiger partial charge in [0.15, 0.2) is 0 Å². The Kier molecular flexibility index (Phi) is 5.05. The number of aromatic nitrogens is 1. The second-order valence-corrected chi connectivity index (χ2v) is 9.05. The molecule has 0 amide bonds. The number of methoxy groups -OCH3 is 1. The molecule has 0 aliphatic carbocycles. The lowest BCUT2D eigenvalue weighted by atomic mass is 9.77. The molecule has 3 aromatic rings. The van der Waals surface area contributed by atoms with Crippen LogP contribution in [0.3, 0.4) is 0 Å². The summed E-state index contributed by atoms with van der Waals surface area (Å²) in [5.41, 5.74) is 3.14. The van der Waals surface area contributed by atoms with E-state index in [1.54, 1.807) is 18.7 Å². The average Bonchev–Trinajstić information content (AvgIpc) is 3.25. The number of pyridine rings is 1. The molecule has 2 aliphatic rings. The first-order chi connectivity index (χ1) is 15.6. The van der Waals surface area contributed by atoms with Crippen molar-refractivity contribution < 1.29 is 4.74 Å². The van der Waals surface area contributed by atoms with Gasteiger partial charge >= 0.3 is 0 Å². The van der Waals surface area contributed by atoms with Crippen LogP contribution in [0.15, 0.2) is 53.3 Å². The Morgan fingerprint density at radius 1 is 0.969 bits per heavy atom. The molecule has 6 nitrogen and oxygen atoms in total. The van der Waals surface area contributed by atoms with Gasteiger partial charge in [0.2, 0.25) is 0 Å². The SMILES string of the molecule is COc1ccccc1N1CCC2(CCN(c3c(C#N)c(=O)n(C)c4ccccc34)CC2)C1. The van der Waals surface area contributed by atoms with Crippen molar-refractivity contribution in [3.05, 3.63) is 64.4 Å². The third kappa shape index (κ3) is 3.20. The van der Waals surface area contributed by atoms with Crippen molar-refractivity contribution in [3.8, 4) is 11.8 Å². The summed E-state index contributed by atoms with van der Waals surface area (Å²) < 4.78 is 7.17. The van der Waals surface area contributed by atoms with E-state index in [9.17, 15) is 10.1 Å². The molecule has 32 heavy (non-hydrogen) atoms. The van der Waals surface area contributed by atoms with Gasteiger partial charge in [0.05, 0.1) is 24.0 Å². The molecule has 5 rings (SSSR count). The molecule has 2 fully saturated rings. The summed E-state index contributed by atoms with van der Waals surface area (Å²) in [5.74, 6) is 0.923. The van der Waals surface area contributed by atoms with Crippen LogP contribution in [0.25, 0.3) is 10.9 Å². The highest BCUT2D eigenvalue weighted by Gasteiger charge is 2.41. The number of nitriles is 1. The maximum atomic E-state index is 12.9. The number of para-hydroxylation sites is 3. The van der Waals surface area contributed by atoms with E-state index in [2.05, 4.69) is 28.0 Å². The minimum absolute atomic E-state index is 0.218. The second-order valence-electron chi connectivity index (χ2n) is 9.05. The van der Waals surface area contributed by atoms with Gasteiger partial charge in [-0.05, 0) is 42.9 Å². The molecule has 0 unspecified atom stereocenters. The van der Waals surface area contributed by atoms with Crippen LogP contribution in [0.5, 0.6) is 5.75 Å². The van der Waals surface area contributed by atoms with Crippen molar-refractivity contribution in [2.75, 3.05) is 43.1 Å². The fraction of sp³-hybridized carbons (Fsp3) is 0.385. The predicted molar refractivity (Wildman–Crippen MR) is 128 cm³/mol. The van der Waals surface area contributed by atoms with Crippen LogP contribution in [-0.2, 0) is 7.05 Å². The number of piperidine rings is 1. The first-order valence-corrected chi connectivity index (χ1v) is 11.2. The fourth-order valence-electron chi connectivity index (χ4n) is 5.55. The molecular weight excluding hydrogens is 400 g/mol. The van der Waals surface area contributed by atoms with E-state index >= 15 is 0 Å². The Labute approximate surface area is 188 Å². The van der Waals surface area contributed by atoms with E-state index in [1.807, 2.05) is 36.4 Å². The van der Waals surface area contributed by atoms with Gasteiger partial charge in [-0.2, -0.15) is 5.26 Å². The molecular formula is C26H28N4O2. The molecule has 2 saturated heterocycles. The summed E-state index contributed by atoms with van der Waals surface area (Å²) in [6.45, 7) is 3.75. The van der Waals surface area contributed by atoms with Crippen molar-refractivity contribution >= 4 is 22.3 Å². The minimum Gasteiger partial charge on any atom is -0.495 e. The maximum Gasteiger partial charge on any atom is 0.270 e. The largest absolute Gasteiger partial charge is 0.495 e. The standard InChI is InChI=1S/C26H28N4O2/c1-28-21-8-4-3-7-19(21)24(20(17-27)25(28)31)29-14-11-26(12-15-29)13-16-30(18-26)22-9-5-6-10-23(22)32-2/h3-10H,11-16,18H2,1-2H3. The van der Waals surface area contributed by atoms with E-state index in [4.69, 9.17) is 4.74 Å². The number of rotatable bonds is 3. The first-order valence-electron chi connectivity index (χ1n) is 11.2. The molecule has 3 heterocycles. The minimum atomic E-state index is -0.218. The third-order valence-electron chi connectivity index (χ3n) is 7.39. The fourth-order valence-corrected chi connectivity index (χ4v) is 5.55. The van der Waals surface area contributed by atoms with Gasteiger partial charge in [0.1, 0.15) is 17.4 Å². The number of nitrogens with zero attached hydrogens (tertiary/aromatic N) is 4. The Bertz CT molecular complexity index is 1270. The summed E-state index contributed by atoms with van der Waals surface area (Å²) in [6.07, 6.45) is 3.25. The van der Waals surface area contributed by atoms with Gasteiger partial charge in [0.25, 0.3) is 5.56 Å². The maximum absolute atomic E-state index is 12.9.